The van der Waals surface area contributed by atoms with Gasteiger partial charge in [0.2, 0.25) is 9.84 Å². The van der Waals surface area contributed by atoms with Crippen molar-refractivity contribution in [3.8, 4) is 17.2 Å². The van der Waals surface area contributed by atoms with Crippen LogP contribution >= 0.6 is 0 Å². The Morgan fingerprint density at radius 2 is 0.743 bits per heavy atom. The minimum atomic E-state index is -3.73. The average molecular weight is 973 g/mol. The monoisotopic (exact) mass is 973 g/mol. The molecular weight excluding hydrogens is 893 g/mol. The number of benzene rings is 4. The quantitative estimate of drug-likeness (QED) is 0.144. The van der Waals surface area contributed by atoms with Crippen LogP contribution in [0.1, 0.15) is 52.8 Å². The second-order valence-electron chi connectivity index (χ2n) is 24.0. The highest BCUT2D eigenvalue weighted by Crippen LogP contribution is 2.44. The number of ether oxygens (including phenoxy) is 2. The molecule has 12 aliphatic rings. The van der Waals surface area contributed by atoms with Crippen LogP contribution in [0, 0.1) is 6.92 Å². The van der Waals surface area contributed by atoms with Gasteiger partial charge in [-0.25, -0.2) is 8.42 Å². The molecule has 12 saturated heterocycles. The summed E-state index contributed by atoms with van der Waals surface area (Å²) in [6, 6.07) is 24.3. The number of sulfone groups is 1. The van der Waals surface area contributed by atoms with Crippen LogP contribution in [0.15, 0.2) is 82.6 Å². The number of rotatable bonds is 15. The van der Waals surface area contributed by atoms with Crippen molar-refractivity contribution in [3.05, 3.63) is 112 Å². The maximum atomic E-state index is 13.9. The zero-order valence-electron chi connectivity index (χ0n) is 42.8. The van der Waals surface area contributed by atoms with Crippen molar-refractivity contribution in [1.29, 1.82) is 0 Å². The number of quaternary nitrogens is 4. The van der Waals surface area contributed by atoms with Gasteiger partial charge in [-0.1, -0.05) is 13.8 Å². The molecule has 0 amide bonds. The van der Waals surface area contributed by atoms with E-state index in [2.05, 4.69) is 64.6 Å². The van der Waals surface area contributed by atoms with Gasteiger partial charge >= 0.3 is 0 Å². The van der Waals surface area contributed by atoms with E-state index in [1.807, 2.05) is 12.1 Å². The van der Waals surface area contributed by atoms with Crippen molar-refractivity contribution in [3.63, 3.8) is 0 Å². The molecule has 12 nitrogen and oxygen atoms in total. The molecule has 0 N–H and O–H groups in total. The highest BCUT2D eigenvalue weighted by Gasteiger charge is 2.45. The van der Waals surface area contributed by atoms with E-state index in [9.17, 15) is 8.42 Å². The molecule has 12 fully saturated rings. The fourth-order valence-corrected chi connectivity index (χ4v) is 15.5. The van der Waals surface area contributed by atoms with Crippen LogP contribution in [0.3, 0.4) is 0 Å². The van der Waals surface area contributed by atoms with E-state index in [4.69, 9.17) is 9.47 Å². The third-order valence-electron chi connectivity index (χ3n) is 19.7. The zero-order chi connectivity index (χ0) is 47.9. The Hall–Kier alpha value is -3.89. The van der Waals surface area contributed by atoms with Gasteiger partial charge in [0.05, 0.1) is 95.4 Å². The summed E-state index contributed by atoms with van der Waals surface area (Å²) in [7, 11) is -2.14. The molecule has 0 aliphatic carbocycles. The van der Waals surface area contributed by atoms with Crippen LogP contribution in [0.25, 0.3) is 0 Å². The number of fused-ring (bicyclic) bond motifs is 12. The summed E-state index contributed by atoms with van der Waals surface area (Å²) in [5.74, 6) is 2.31. The van der Waals surface area contributed by atoms with Crippen molar-refractivity contribution in [2.24, 2.45) is 0 Å². The fourth-order valence-electron chi connectivity index (χ4n) is 14.2. The number of methoxy groups -OCH3 is 1. The normalized spacial score (nSPS) is 32.3. The van der Waals surface area contributed by atoms with Crippen LogP contribution in [-0.4, -0.2) is 210 Å². The highest BCUT2D eigenvalue weighted by atomic mass is 32.2. The van der Waals surface area contributed by atoms with Gasteiger partial charge in [-0.15, -0.1) is 0 Å². The van der Waals surface area contributed by atoms with E-state index < -0.39 is 9.84 Å². The first kappa shape index (κ1) is 47.1. The third kappa shape index (κ3) is 8.82. The molecule has 374 valence electrons. The predicted molar refractivity (Wildman–Crippen MR) is 275 cm³/mol. The first-order chi connectivity index (χ1) is 33.7. The fraction of sp³-hybridized carbons (Fsp3) is 0.579. The first-order valence-electron chi connectivity index (χ1n) is 27.0. The van der Waals surface area contributed by atoms with E-state index in [1.54, 1.807) is 60.2 Å². The Labute approximate surface area is 418 Å². The lowest BCUT2D eigenvalue weighted by atomic mass is 9.75. The Balaban J connectivity index is 0.966. The summed E-state index contributed by atoms with van der Waals surface area (Å²) in [6.07, 6.45) is 0. The van der Waals surface area contributed by atoms with Crippen LogP contribution in [0.2, 0.25) is 0 Å². The molecule has 0 atom stereocenters. The molecule has 0 radical (unpaired) electrons. The van der Waals surface area contributed by atoms with Crippen molar-refractivity contribution in [1.82, 2.24) is 19.6 Å². The molecule has 4 aromatic rings. The smallest absolute Gasteiger partial charge is 0.206 e. The van der Waals surface area contributed by atoms with Gasteiger partial charge in [0.1, 0.15) is 43.4 Å². The Morgan fingerprint density at radius 3 is 1.06 bits per heavy atom. The van der Waals surface area contributed by atoms with Crippen molar-refractivity contribution < 1.29 is 35.8 Å². The summed E-state index contributed by atoms with van der Waals surface area (Å²) >= 11 is 0. The van der Waals surface area contributed by atoms with E-state index in [0.717, 1.165) is 119 Å². The number of piperazine rings is 12. The van der Waals surface area contributed by atoms with E-state index >= 15 is 0 Å². The van der Waals surface area contributed by atoms with Gasteiger partial charge in [0.25, 0.3) is 0 Å². The van der Waals surface area contributed by atoms with Crippen molar-refractivity contribution in [2.45, 2.75) is 62.2 Å². The van der Waals surface area contributed by atoms with Gasteiger partial charge in [0.15, 0.2) is 0 Å². The lowest BCUT2D eigenvalue weighted by Crippen LogP contribution is -2.67. The van der Waals surface area contributed by atoms with E-state index in [0.29, 0.717) is 11.5 Å². The average Bonchev–Trinajstić information content (AvgIpc) is 3.40. The molecule has 12 heterocycles. The highest BCUT2D eigenvalue weighted by molar-refractivity contribution is 7.91. The first-order valence-corrected chi connectivity index (χ1v) is 28.5. The lowest BCUT2D eigenvalue weighted by molar-refractivity contribution is -0.954. The summed E-state index contributed by atoms with van der Waals surface area (Å²) in [6.45, 7) is 40.6. The topological polar surface area (TPSA) is 65.6 Å². The number of nitrogens with zero attached hydrogens (tertiary/aromatic N) is 8. The Bertz CT molecular complexity index is 2530. The molecule has 0 unspecified atom stereocenters. The molecule has 4 aromatic carbocycles. The molecular formula is C57H80N8O4S+4. The standard InChI is InChI=1S/C57H80N8O4S/c1-45-46(41-62-25-13-58(14-26-62)15-27-62)37-50(38-47(45)42-63-28-16-59(17-29-63)18-30-63)57(2,3)51-39-48(43-64-31-19-60(20-32-64)21-33-64)56(49(40-51)44-65-34-22-61(23-35-65)24-36-65)69-53-7-11-55(12-8-53)70(66,67)54-9-5-52(68-4)6-10-54/h5-12,37-40H,13-36,41-44H2,1-4H3/q+4. The lowest BCUT2D eigenvalue weighted by Gasteiger charge is -2.51. The molecule has 70 heavy (non-hydrogen) atoms. The van der Waals surface area contributed by atoms with Crippen molar-refractivity contribution >= 4 is 9.84 Å². The maximum absolute atomic E-state index is 13.9. The Kier molecular flexibility index (Phi) is 12.1. The molecule has 0 saturated carbocycles. The summed E-state index contributed by atoms with van der Waals surface area (Å²) < 4.78 is 45.0. The van der Waals surface area contributed by atoms with Gasteiger partial charge in [-0.2, -0.15) is 0 Å². The third-order valence-corrected chi connectivity index (χ3v) is 21.5. The molecule has 12 aliphatic heterocycles. The predicted octanol–water partition coefficient (Wildman–Crippen LogP) is 5.54. The summed E-state index contributed by atoms with van der Waals surface area (Å²) in [5.41, 5.74) is 9.91. The zero-order valence-corrected chi connectivity index (χ0v) is 43.7. The number of hydrogen-bond acceptors (Lipinski definition) is 8. The van der Waals surface area contributed by atoms with Crippen molar-refractivity contribution in [2.75, 3.05) is 164 Å². The minimum Gasteiger partial charge on any atom is -0.497 e. The second kappa shape index (κ2) is 17.9. The summed E-state index contributed by atoms with van der Waals surface area (Å²) in [5, 5.41) is 0. The van der Waals surface area contributed by atoms with Crippen LogP contribution in [0.5, 0.6) is 17.2 Å². The molecule has 16 rings (SSSR count). The van der Waals surface area contributed by atoms with Gasteiger partial charge in [-0.05, 0) is 96.4 Å². The molecule has 13 heteroatoms. The second-order valence-corrected chi connectivity index (χ2v) is 25.9. The SMILES string of the molecule is COc1ccc(S(=O)(=O)c2ccc(Oc3c(C[N+]45CCN(CC4)CC5)cc(C(C)(C)c4cc(C[N+]56CCN(CC5)CC6)c(C)c(C[N+]56CCN(CC5)CC6)c4)cc3C[N+]34CCN(CC3)CC4)cc2)cc1. The van der Waals surface area contributed by atoms with Gasteiger partial charge in [-0.3, -0.25) is 19.6 Å². The number of hydrogen-bond donors (Lipinski definition) is 0. The maximum Gasteiger partial charge on any atom is 0.206 e. The summed E-state index contributed by atoms with van der Waals surface area (Å²) in [4.78, 5) is 11.2. The van der Waals surface area contributed by atoms with E-state index in [1.165, 1.54) is 110 Å². The minimum absolute atomic E-state index is 0.250. The van der Waals surface area contributed by atoms with Crippen LogP contribution in [0.4, 0.5) is 0 Å². The van der Waals surface area contributed by atoms with Gasteiger partial charge in [0, 0.05) is 106 Å². The molecule has 8 bridgehead atoms. The van der Waals surface area contributed by atoms with E-state index in [-0.39, 0.29) is 15.2 Å². The Morgan fingerprint density at radius 1 is 0.457 bits per heavy atom. The molecule has 0 aromatic heterocycles. The van der Waals surface area contributed by atoms with Crippen LogP contribution < -0.4 is 9.47 Å². The molecule has 0 spiro atoms. The van der Waals surface area contributed by atoms with Crippen LogP contribution in [-0.2, 0) is 41.4 Å². The largest absolute Gasteiger partial charge is 0.497 e. The van der Waals surface area contributed by atoms with Gasteiger partial charge < -0.3 is 27.4 Å².